The van der Waals surface area contributed by atoms with Gasteiger partial charge in [0.05, 0.1) is 32.0 Å². The molecule has 0 N–H and O–H groups in total. The van der Waals surface area contributed by atoms with Crippen LogP contribution in [0, 0.1) is 0 Å². The predicted octanol–water partition coefficient (Wildman–Crippen LogP) is 0.446. The molecule has 3 aliphatic rings. The van der Waals surface area contributed by atoms with E-state index in [0.717, 1.165) is 0 Å². The number of rotatable bonds is 25. The lowest BCUT2D eigenvalue weighted by Gasteiger charge is -2.51. The maximum Gasteiger partial charge on any atom is 0.187 e. The van der Waals surface area contributed by atoms with Gasteiger partial charge in [0.2, 0.25) is 0 Å². The lowest BCUT2D eigenvalue weighted by atomic mass is 9.95. The molecule has 0 amide bonds. The maximum atomic E-state index is 6.90. The Bertz CT molecular complexity index is 1050. The molecule has 0 aromatic rings. The molecule has 19 nitrogen and oxygen atoms in total. The molecule has 0 aromatic carbocycles. The Morgan fingerprint density at radius 2 is 0.804 bits per heavy atom. The molecule has 56 heavy (non-hydrogen) atoms. The van der Waals surface area contributed by atoms with Crippen LogP contribution in [-0.2, 0) is 90.0 Å². The summed E-state index contributed by atoms with van der Waals surface area (Å²) < 4.78 is 116. The second kappa shape index (κ2) is 25.1. The van der Waals surface area contributed by atoms with Gasteiger partial charge < -0.3 is 90.0 Å². The average molecular weight is 819 g/mol. The van der Waals surface area contributed by atoms with E-state index in [1.54, 1.807) is 78.2 Å². The molecule has 0 spiro atoms. The van der Waals surface area contributed by atoms with Crippen molar-refractivity contribution >= 4 is 0 Å². The van der Waals surface area contributed by atoms with Crippen LogP contribution in [-0.4, -0.2) is 229 Å². The van der Waals surface area contributed by atoms with Crippen molar-refractivity contribution in [3.05, 3.63) is 0 Å². The van der Waals surface area contributed by atoms with Gasteiger partial charge in [0.1, 0.15) is 85.5 Å². The van der Waals surface area contributed by atoms with Crippen molar-refractivity contribution < 1.29 is 90.0 Å². The summed E-state index contributed by atoms with van der Waals surface area (Å²) >= 11 is 0. The highest BCUT2D eigenvalue weighted by Crippen LogP contribution is 2.37. The van der Waals surface area contributed by atoms with Crippen molar-refractivity contribution in [3.63, 3.8) is 0 Å². The lowest BCUT2D eigenvalue weighted by Crippen LogP contribution is -2.67. The molecule has 3 rings (SSSR count). The van der Waals surface area contributed by atoms with Crippen molar-refractivity contribution in [1.29, 1.82) is 0 Å². The minimum atomic E-state index is -1.09. The zero-order chi connectivity index (χ0) is 41.5. The second-order valence-electron chi connectivity index (χ2n) is 13.8. The van der Waals surface area contributed by atoms with Crippen LogP contribution in [0.4, 0.5) is 0 Å². The van der Waals surface area contributed by atoms with Gasteiger partial charge in [0.15, 0.2) is 18.9 Å². The smallest absolute Gasteiger partial charge is 0.187 e. The third kappa shape index (κ3) is 11.5. The van der Waals surface area contributed by atoms with E-state index in [1.807, 2.05) is 13.8 Å². The van der Waals surface area contributed by atoms with E-state index >= 15 is 0 Å². The van der Waals surface area contributed by atoms with E-state index in [9.17, 15) is 0 Å². The van der Waals surface area contributed by atoms with E-state index < -0.39 is 117 Å². The molecular formula is C37H70O19. The number of methoxy groups -OCH3 is 13. The van der Waals surface area contributed by atoms with E-state index in [4.69, 9.17) is 90.0 Å². The molecule has 0 saturated carbocycles. The lowest BCUT2D eigenvalue weighted by molar-refractivity contribution is -0.388. The van der Waals surface area contributed by atoms with Crippen LogP contribution >= 0.6 is 0 Å². The zero-order valence-corrected chi connectivity index (χ0v) is 35.8. The number of hydrogen-bond donors (Lipinski definition) is 0. The van der Waals surface area contributed by atoms with Crippen molar-refractivity contribution in [2.45, 2.75) is 130 Å². The zero-order valence-electron chi connectivity index (χ0n) is 35.8. The summed E-state index contributed by atoms with van der Waals surface area (Å²) in [6.07, 6.45) is -13.8. The Balaban J connectivity index is 2.04. The van der Waals surface area contributed by atoms with Crippen LogP contribution in [0.1, 0.15) is 13.8 Å². The summed E-state index contributed by atoms with van der Waals surface area (Å²) in [4.78, 5) is 0. The van der Waals surface area contributed by atoms with Crippen LogP contribution < -0.4 is 0 Å². The molecule has 3 heterocycles. The monoisotopic (exact) mass is 818 g/mol. The topological polar surface area (TPSA) is 175 Å². The van der Waals surface area contributed by atoms with E-state index in [-0.39, 0.29) is 19.8 Å². The summed E-state index contributed by atoms with van der Waals surface area (Å²) in [5.74, 6) is 0. The fraction of sp³-hybridized carbons (Fsp3) is 1.00. The van der Waals surface area contributed by atoms with Gasteiger partial charge in [-0.3, -0.25) is 0 Å². The molecule has 3 fully saturated rings. The van der Waals surface area contributed by atoms with Gasteiger partial charge in [-0.05, 0) is 13.8 Å². The van der Waals surface area contributed by atoms with E-state index in [0.29, 0.717) is 0 Å². The Morgan fingerprint density at radius 3 is 1.21 bits per heavy atom. The van der Waals surface area contributed by atoms with Crippen LogP contribution in [0.25, 0.3) is 0 Å². The second-order valence-corrected chi connectivity index (χ2v) is 13.8. The Hall–Kier alpha value is -0.760. The van der Waals surface area contributed by atoms with Crippen LogP contribution in [0.5, 0.6) is 0 Å². The summed E-state index contributed by atoms with van der Waals surface area (Å²) in [6, 6.07) is 0. The Kier molecular flexibility index (Phi) is 22.2. The Labute approximate surface area is 332 Å². The summed E-state index contributed by atoms with van der Waals surface area (Å²) in [5, 5.41) is 0. The van der Waals surface area contributed by atoms with Crippen LogP contribution in [0.3, 0.4) is 0 Å². The highest BCUT2D eigenvalue weighted by molar-refractivity contribution is 4.99. The van der Waals surface area contributed by atoms with Gasteiger partial charge in [0.25, 0.3) is 0 Å². The minimum Gasteiger partial charge on any atom is -0.382 e. The number of ether oxygens (including phenoxy) is 19. The fourth-order valence-corrected chi connectivity index (χ4v) is 7.97. The maximum absolute atomic E-state index is 6.90. The van der Waals surface area contributed by atoms with Gasteiger partial charge >= 0.3 is 0 Å². The standard InChI is InChI=1S/C37H70O19/c1-19-24(43-8)29(47-12)32(48-13)35(51-19)55-30-25(44-9)20(2)52-36(33(30)49-14)56-31-27(46-11)23(18-40-5)53-37(34(31)50-15)54-28(22(42-7)17-39-4)26(45-10)21(41-6)16-38-3/h19-37H,16-18H2,1-15H3. The minimum absolute atomic E-state index is 0.120. The SMILES string of the molecule is COCC(OC)C(OC)C(OC1OC(COC)C(OC)C(OC2OC(C)C(OC)C(OC3OC(C)C(OC)C(OC)C3OC)C2OC)C1OC)C(COC)OC. The van der Waals surface area contributed by atoms with Crippen molar-refractivity contribution in [1.82, 2.24) is 0 Å². The summed E-state index contributed by atoms with van der Waals surface area (Å²) in [6.45, 7) is 4.23. The fourth-order valence-electron chi connectivity index (χ4n) is 7.97. The molecule has 3 aliphatic heterocycles. The largest absolute Gasteiger partial charge is 0.382 e. The molecule has 332 valence electrons. The van der Waals surface area contributed by atoms with E-state index in [1.165, 1.54) is 14.2 Å². The molecule has 19 heteroatoms. The van der Waals surface area contributed by atoms with Gasteiger partial charge in [-0.2, -0.15) is 0 Å². The van der Waals surface area contributed by atoms with Gasteiger partial charge in [-0.25, -0.2) is 0 Å². The first-order chi connectivity index (χ1) is 27.1. The molecule has 0 aromatic heterocycles. The first-order valence-electron chi connectivity index (χ1n) is 18.7. The van der Waals surface area contributed by atoms with Crippen molar-refractivity contribution in [3.8, 4) is 0 Å². The molecule has 3 saturated heterocycles. The van der Waals surface area contributed by atoms with Gasteiger partial charge in [-0.15, -0.1) is 0 Å². The molecular weight excluding hydrogens is 748 g/mol. The highest BCUT2D eigenvalue weighted by Gasteiger charge is 2.56. The number of hydrogen-bond acceptors (Lipinski definition) is 19. The van der Waals surface area contributed by atoms with Gasteiger partial charge in [0, 0.05) is 92.4 Å². The predicted molar refractivity (Wildman–Crippen MR) is 196 cm³/mol. The van der Waals surface area contributed by atoms with Gasteiger partial charge in [-0.1, -0.05) is 0 Å². The van der Waals surface area contributed by atoms with Crippen LogP contribution in [0.2, 0.25) is 0 Å². The first-order valence-corrected chi connectivity index (χ1v) is 18.7. The molecule has 0 bridgehead atoms. The molecule has 19 atom stereocenters. The molecule has 0 aliphatic carbocycles. The third-order valence-corrected chi connectivity index (χ3v) is 10.8. The normalized spacial score (nSPS) is 38.9. The molecule has 19 unspecified atom stereocenters. The summed E-state index contributed by atoms with van der Waals surface area (Å²) in [5.41, 5.74) is 0. The van der Waals surface area contributed by atoms with Crippen molar-refractivity contribution in [2.75, 3.05) is 112 Å². The third-order valence-electron chi connectivity index (χ3n) is 10.8. The summed E-state index contributed by atoms with van der Waals surface area (Å²) in [7, 11) is 20.3. The highest BCUT2D eigenvalue weighted by atomic mass is 16.8. The first kappa shape index (κ1) is 49.6. The van der Waals surface area contributed by atoms with Crippen LogP contribution in [0.15, 0.2) is 0 Å². The van der Waals surface area contributed by atoms with Crippen molar-refractivity contribution in [2.24, 2.45) is 0 Å². The average Bonchev–Trinajstić information content (AvgIpc) is 3.19. The Morgan fingerprint density at radius 1 is 0.393 bits per heavy atom. The quantitative estimate of drug-likeness (QED) is 0.124. The molecule has 0 radical (unpaired) electrons. The van der Waals surface area contributed by atoms with E-state index in [2.05, 4.69) is 0 Å².